The number of carbonyl (C=O) groups is 2. The van der Waals surface area contributed by atoms with Crippen LogP contribution < -0.4 is 0 Å². The van der Waals surface area contributed by atoms with Crippen molar-refractivity contribution in [1.82, 2.24) is 14.4 Å². The maximum absolute atomic E-state index is 12.9. The molecule has 1 saturated heterocycles. The molecule has 0 radical (unpaired) electrons. The van der Waals surface area contributed by atoms with Gasteiger partial charge in [0.25, 0.3) is 5.91 Å². The first-order valence-corrected chi connectivity index (χ1v) is 7.92. The number of carbonyl (C=O) groups excluding carboxylic acids is 2. The van der Waals surface area contributed by atoms with Gasteiger partial charge in [-0.3, -0.25) is 9.59 Å². The summed E-state index contributed by atoms with van der Waals surface area (Å²) in [5.41, 5.74) is 1.83. The highest BCUT2D eigenvalue weighted by molar-refractivity contribution is 5.94. The number of likely N-dealkylation sites (tertiary alicyclic amines) is 1. The van der Waals surface area contributed by atoms with E-state index in [2.05, 4.69) is 0 Å². The summed E-state index contributed by atoms with van der Waals surface area (Å²) in [4.78, 5) is 28.5. The number of hydrogen-bond acceptors (Lipinski definition) is 2. The summed E-state index contributed by atoms with van der Waals surface area (Å²) in [6, 6.07) is 14.0. The lowest BCUT2D eigenvalue weighted by atomic mass is 10.0. The predicted octanol–water partition coefficient (Wildman–Crippen LogP) is 1.92. The molecule has 2 aromatic rings. The Morgan fingerprint density at radius 3 is 2.57 bits per heavy atom. The quantitative estimate of drug-likeness (QED) is 0.851. The predicted molar refractivity (Wildman–Crippen MR) is 85.8 cm³/mol. The molecule has 2 aliphatic rings. The third-order valence-corrected chi connectivity index (χ3v) is 4.92. The maximum atomic E-state index is 12.9. The van der Waals surface area contributed by atoms with E-state index >= 15 is 0 Å². The minimum absolute atomic E-state index is 0.0338. The summed E-state index contributed by atoms with van der Waals surface area (Å²) in [6.07, 6.45) is 1.95. The van der Waals surface area contributed by atoms with Crippen LogP contribution in [0.2, 0.25) is 0 Å². The van der Waals surface area contributed by atoms with Gasteiger partial charge in [-0.1, -0.05) is 30.3 Å². The van der Waals surface area contributed by atoms with Gasteiger partial charge in [-0.2, -0.15) is 0 Å². The molecule has 0 saturated carbocycles. The first kappa shape index (κ1) is 14.1. The fourth-order valence-corrected chi connectivity index (χ4v) is 3.74. The Hall–Kier alpha value is -2.56. The van der Waals surface area contributed by atoms with Crippen LogP contribution in [0.15, 0.2) is 48.7 Å². The Morgan fingerprint density at radius 2 is 1.83 bits per heavy atom. The first-order chi connectivity index (χ1) is 11.1. The van der Waals surface area contributed by atoms with Crippen LogP contribution in [-0.2, 0) is 11.3 Å². The lowest BCUT2D eigenvalue weighted by Gasteiger charge is -2.38. The van der Waals surface area contributed by atoms with E-state index in [0.29, 0.717) is 25.3 Å². The molecule has 0 bridgehead atoms. The van der Waals surface area contributed by atoms with Crippen LogP contribution in [0.5, 0.6) is 0 Å². The summed E-state index contributed by atoms with van der Waals surface area (Å²) in [5.74, 6) is 0.116. The second-order valence-corrected chi connectivity index (χ2v) is 6.28. The van der Waals surface area contributed by atoms with E-state index in [0.717, 1.165) is 5.56 Å². The van der Waals surface area contributed by atoms with Crippen LogP contribution in [-0.4, -0.2) is 45.3 Å². The number of benzene rings is 1. The van der Waals surface area contributed by atoms with Crippen molar-refractivity contribution in [2.45, 2.75) is 25.6 Å². The Morgan fingerprint density at radius 1 is 1.09 bits per heavy atom. The van der Waals surface area contributed by atoms with E-state index in [1.165, 1.54) is 0 Å². The minimum Gasteiger partial charge on any atom is -0.339 e. The molecule has 2 aliphatic heterocycles. The molecule has 1 fully saturated rings. The molecule has 4 rings (SSSR count). The Labute approximate surface area is 135 Å². The van der Waals surface area contributed by atoms with Gasteiger partial charge in [-0.25, -0.2) is 0 Å². The van der Waals surface area contributed by atoms with Crippen molar-refractivity contribution >= 4 is 11.8 Å². The van der Waals surface area contributed by atoms with Crippen molar-refractivity contribution in [3.05, 3.63) is 59.9 Å². The van der Waals surface area contributed by atoms with Crippen LogP contribution in [0.4, 0.5) is 0 Å². The van der Waals surface area contributed by atoms with Gasteiger partial charge >= 0.3 is 0 Å². The molecule has 2 atom stereocenters. The fourth-order valence-electron chi connectivity index (χ4n) is 3.74. The van der Waals surface area contributed by atoms with E-state index in [-0.39, 0.29) is 23.9 Å². The molecule has 5 nitrogen and oxygen atoms in total. The summed E-state index contributed by atoms with van der Waals surface area (Å²) in [5, 5.41) is 0. The Balaban J connectivity index is 1.71. The van der Waals surface area contributed by atoms with E-state index in [9.17, 15) is 9.59 Å². The molecule has 0 unspecified atom stereocenters. The third kappa shape index (κ3) is 2.23. The number of fused-ring (bicyclic) bond motifs is 3. The van der Waals surface area contributed by atoms with Crippen LogP contribution in [0.3, 0.4) is 0 Å². The Bertz CT molecular complexity index is 753. The van der Waals surface area contributed by atoms with Gasteiger partial charge in [-0.05, 0) is 17.7 Å². The second kappa shape index (κ2) is 5.26. The van der Waals surface area contributed by atoms with Gasteiger partial charge in [0, 0.05) is 32.8 Å². The summed E-state index contributed by atoms with van der Waals surface area (Å²) >= 11 is 0. The van der Waals surface area contributed by atoms with Crippen molar-refractivity contribution in [2.75, 3.05) is 13.1 Å². The van der Waals surface area contributed by atoms with Crippen molar-refractivity contribution < 1.29 is 9.59 Å². The molecule has 5 heteroatoms. The highest BCUT2D eigenvalue weighted by atomic mass is 16.2. The topological polar surface area (TPSA) is 45.6 Å². The maximum Gasteiger partial charge on any atom is 0.271 e. The molecule has 0 N–H and O–H groups in total. The zero-order valence-corrected chi connectivity index (χ0v) is 13.1. The standard InChI is InChI=1S/C18H19N3O2/c1-13(22)19-11-16-17(12-19)21(10-14-6-3-2-4-7-14)18(23)15-8-5-9-20(15)16/h2-9,16-17H,10-12H2,1H3/t16-,17+/m1/s1. The van der Waals surface area contributed by atoms with E-state index < -0.39 is 0 Å². The molecular weight excluding hydrogens is 290 g/mol. The molecule has 118 valence electrons. The monoisotopic (exact) mass is 309 g/mol. The molecule has 3 heterocycles. The van der Waals surface area contributed by atoms with Crippen molar-refractivity contribution in [3.63, 3.8) is 0 Å². The summed E-state index contributed by atoms with van der Waals surface area (Å²) < 4.78 is 2.04. The first-order valence-electron chi connectivity index (χ1n) is 7.92. The number of rotatable bonds is 2. The van der Waals surface area contributed by atoms with E-state index in [1.807, 2.05) is 63.0 Å². The summed E-state index contributed by atoms with van der Waals surface area (Å²) in [6.45, 7) is 3.45. The lowest BCUT2D eigenvalue weighted by molar-refractivity contribution is -0.128. The van der Waals surface area contributed by atoms with E-state index in [4.69, 9.17) is 0 Å². The van der Waals surface area contributed by atoms with Gasteiger partial charge < -0.3 is 14.4 Å². The van der Waals surface area contributed by atoms with Gasteiger partial charge in [0.1, 0.15) is 5.69 Å². The van der Waals surface area contributed by atoms with Crippen LogP contribution in [0.25, 0.3) is 0 Å². The van der Waals surface area contributed by atoms with Crippen LogP contribution in [0.1, 0.15) is 29.0 Å². The zero-order valence-electron chi connectivity index (χ0n) is 13.1. The van der Waals surface area contributed by atoms with Gasteiger partial charge in [0.15, 0.2) is 0 Å². The molecule has 23 heavy (non-hydrogen) atoms. The average molecular weight is 309 g/mol. The van der Waals surface area contributed by atoms with Gasteiger partial charge in [0.05, 0.1) is 12.1 Å². The van der Waals surface area contributed by atoms with Crippen LogP contribution >= 0.6 is 0 Å². The second-order valence-electron chi connectivity index (χ2n) is 6.28. The van der Waals surface area contributed by atoms with Crippen LogP contribution in [0, 0.1) is 0 Å². The average Bonchev–Trinajstić information content (AvgIpc) is 3.19. The lowest BCUT2D eigenvalue weighted by Crippen LogP contribution is -2.49. The fraction of sp³-hybridized carbons (Fsp3) is 0.333. The van der Waals surface area contributed by atoms with Crippen molar-refractivity contribution in [2.24, 2.45) is 0 Å². The third-order valence-electron chi connectivity index (χ3n) is 4.92. The Kier molecular flexibility index (Phi) is 3.22. The minimum atomic E-state index is 0.0338. The highest BCUT2D eigenvalue weighted by Crippen LogP contribution is 2.34. The number of aromatic nitrogens is 1. The molecule has 0 aliphatic carbocycles. The number of nitrogens with zero attached hydrogens (tertiary/aromatic N) is 3. The molecule has 2 amide bonds. The largest absolute Gasteiger partial charge is 0.339 e. The highest BCUT2D eigenvalue weighted by Gasteiger charge is 2.45. The van der Waals surface area contributed by atoms with Crippen molar-refractivity contribution in [3.8, 4) is 0 Å². The molecule has 0 spiro atoms. The SMILES string of the molecule is CC(=O)N1C[C@@H]2[C@H](C1)N(Cc1ccccc1)C(=O)c1cccn12. The normalized spacial score (nSPS) is 22.9. The summed E-state index contributed by atoms with van der Waals surface area (Å²) in [7, 11) is 0. The zero-order chi connectivity index (χ0) is 16.0. The van der Waals surface area contributed by atoms with Gasteiger partial charge in [0.2, 0.25) is 5.91 Å². The molecule has 1 aromatic carbocycles. The molecular formula is C18H19N3O2. The van der Waals surface area contributed by atoms with Gasteiger partial charge in [-0.15, -0.1) is 0 Å². The van der Waals surface area contributed by atoms with E-state index in [1.54, 1.807) is 6.92 Å². The smallest absolute Gasteiger partial charge is 0.271 e. The number of amides is 2. The number of hydrogen-bond donors (Lipinski definition) is 0. The molecule has 1 aromatic heterocycles. The van der Waals surface area contributed by atoms with Crippen molar-refractivity contribution in [1.29, 1.82) is 0 Å².